The molecule has 0 fully saturated rings. The summed E-state index contributed by atoms with van der Waals surface area (Å²) in [5.74, 6) is -0.954. The fourth-order valence-electron chi connectivity index (χ4n) is 6.79. The van der Waals surface area contributed by atoms with E-state index < -0.39 is 6.10 Å². The lowest BCUT2D eigenvalue weighted by molar-refractivity contribution is -0.167. The van der Waals surface area contributed by atoms with Gasteiger partial charge < -0.3 is 14.2 Å². The summed E-state index contributed by atoms with van der Waals surface area (Å²) in [4.78, 5) is 37.9. The number of ether oxygens (including phenoxy) is 3. The van der Waals surface area contributed by atoms with Gasteiger partial charge in [0.05, 0.1) is 0 Å². The normalized spacial score (nSPS) is 13.0. The van der Waals surface area contributed by atoms with Crippen LogP contribution < -0.4 is 0 Å². The lowest BCUT2D eigenvalue weighted by Gasteiger charge is -2.18. The number of esters is 3. The van der Waals surface area contributed by atoms with Gasteiger partial charge in [0.2, 0.25) is 0 Å². The molecule has 1 atom stereocenters. The Morgan fingerprint density at radius 3 is 1.00 bits per heavy atom. The Morgan fingerprint density at radius 1 is 0.323 bits per heavy atom. The summed E-state index contributed by atoms with van der Waals surface area (Å²) in [5, 5.41) is 0. The van der Waals surface area contributed by atoms with Crippen molar-refractivity contribution in [3.8, 4) is 0 Å². The first kappa shape index (κ1) is 61.1. The smallest absolute Gasteiger partial charge is 0.306 e. The van der Waals surface area contributed by atoms with Crippen molar-refractivity contribution in [2.24, 2.45) is 0 Å². The second kappa shape index (κ2) is 52.7. The number of unbranched alkanes of at least 4 members (excludes halogenated alkanes) is 17. The first-order chi connectivity index (χ1) is 32.0. The highest BCUT2D eigenvalue weighted by Gasteiger charge is 2.19. The maximum Gasteiger partial charge on any atom is 0.306 e. The van der Waals surface area contributed by atoms with Gasteiger partial charge in [-0.15, -0.1) is 0 Å². The van der Waals surface area contributed by atoms with Crippen LogP contribution in [0.4, 0.5) is 0 Å². The Hall–Kier alpha value is -3.93. The molecule has 0 amide bonds. The zero-order valence-electron chi connectivity index (χ0n) is 42.0. The summed E-state index contributed by atoms with van der Waals surface area (Å²) in [5.41, 5.74) is 0. The van der Waals surface area contributed by atoms with Crippen molar-refractivity contribution < 1.29 is 28.6 Å². The van der Waals surface area contributed by atoms with Crippen molar-refractivity contribution >= 4 is 17.9 Å². The molecule has 0 spiro atoms. The molecule has 0 aliphatic carbocycles. The van der Waals surface area contributed by atoms with Gasteiger partial charge in [0.15, 0.2) is 6.10 Å². The largest absolute Gasteiger partial charge is 0.462 e. The van der Waals surface area contributed by atoms with Crippen LogP contribution in [0.2, 0.25) is 0 Å². The van der Waals surface area contributed by atoms with E-state index in [1.165, 1.54) is 51.4 Å². The summed E-state index contributed by atoms with van der Waals surface area (Å²) in [6.07, 6.45) is 70.8. The van der Waals surface area contributed by atoms with E-state index in [9.17, 15) is 14.4 Å². The number of carbonyl (C=O) groups is 3. The van der Waals surface area contributed by atoms with Crippen LogP contribution >= 0.6 is 0 Å². The summed E-state index contributed by atoms with van der Waals surface area (Å²) < 4.78 is 16.7. The fraction of sp³-hybridized carbons (Fsp3) is 0.644. The third-order valence-corrected chi connectivity index (χ3v) is 10.8. The second-order valence-corrected chi connectivity index (χ2v) is 17.1. The third kappa shape index (κ3) is 50.9. The zero-order chi connectivity index (χ0) is 47.2. The summed E-state index contributed by atoms with van der Waals surface area (Å²) in [7, 11) is 0. The van der Waals surface area contributed by atoms with Gasteiger partial charge in [-0.25, -0.2) is 0 Å². The maximum absolute atomic E-state index is 12.8. The van der Waals surface area contributed by atoms with Crippen LogP contribution in [-0.2, 0) is 28.6 Å². The van der Waals surface area contributed by atoms with Gasteiger partial charge in [0.25, 0.3) is 0 Å². The molecule has 0 aliphatic rings. The van der Waals surface area contributed by atoms with Crippen molar-refractivity contribution in [3.63, 3.8) is 0 Å². The molecule has 0 saturated carbocycles. The molecule has 0 heterocycles. The number of carbonyl (C=O) groups excluding carboxylic acids is 3. The predicted octanol–water partition coefficient (Wildman–Crippen LogP) is 17.5. The van der Waals surface area contributed by atoms with Gasteiger partial charge >= 0.3 is 17.9 Å². The molecular formula is C59H96O6. The van der Waals surface area contributed by atoms with Crippen LogP contribution in [0.3, 0.4) is 0 Å². The minimum absolute atomic E-state index is 0.0954. The molecular weight excluding hydrogens is 805 g/mol. The van der Waals surface area contributed by atoms with E-state index in [0.717, 1.165) is 135 Å². The molecule has 1 unspecified atom stereocenters. The Labute approximate surface area is 400 Å². The van der Waals surface area contributed by atoms with E-state index in [1.54, 1.807) is 0 Å². The van der Waals surface area contributed by atoms with Crippen molar-refractivity contribution in [2.45, 2.75) is 232 Å². The van der Waals surface area contributed by atoms with Crippen LogP contribution in [0.1, 0.15) is 226 Å². The highest BCUT2D eigenvalue weighted by atomic mass is 16.6. The highest BCUT2D eigenvalue weighted by Crippen LogP contribution is 2.13. The van der Waals surface area contributed by atoms with E-state index in [4.69, 9.17) is 14.2 Å². The highest BCUT2D eigenvalue weighted by molar-refractivity contribution is 5.71. The van der Waals surface area contributed by atoms with Crippen LogP contribution in [0.5, 0.6) is 0 Å². The number of rotatable bonds is 46. The first-order valence-electron chi connectivity index (χ1n) is 26.4. The topological polar surface area (TPSA) is 78.9 Å². The molecule has 0 rings (SSSR count). The number of hydrogen-bond donors (Lipinski definition) is 0. The van der Waals surface area contributed by atoms with Crippen LogP contribution in [0.25, 0.3) is 0 Å². The third-order valence-electron chi connectivity index (χ3n) is 10.8. The average Bonchev–Trinajstić information content (AvgIpc) is 3.30. The lowest BCUT2D eigenvalue weighted by atomic mass is 10.1. The summed E-state index contributed by atoms with van der Waals surface area (Å²) >= 11 is 0. The first-order valence-corrected chi connectivity index (χ1v) is 26.4. The molecule has 0 aliphatic heterocycles. The quantitative estimate of drug-likeness (QED) is 0.0262. The van der Waals surface area contributed by atoms with Gasteiger partial charge in [0.1, 0.15) is 13.2 Å². The molecule has 6 nitrogen and oxygen atoms in total. The maximum atomic E-state index is 12.8. The second-order valence-electron chi connectivity index (χ2n) is 17.1. The van der Waals surface area contributed by atoms with Crippen LogP contribution in [-0.4, -0.2) is 37.2 Å². The van der Waals surface area contributed by atoms with Gasteiger partial charge in [-0.1, -0.05) is 214 Å². The standard InChI is InChI=1S/C59H96O6/c1-4-7-10-13-16-19-21-23-25-26-27-28-29-30-31-32-33-34-35-37-38-40-43-46-49-52-58(61)64-55-56(54-63-57(60)51-48-45-42-18-15-12-9-6-3)65-59(62)53-50-47-44-41-39-36-24-22-20-17-14-11-8-5-2/h7,10,14,16-17,19,22-25,27-28,30-31,33-34,37-38,56H,4-6,8-9,11-13,15,18,20-21,26,29,32,35-36,39-55H2,1-3H3/b10-7-,17-14-,19-16-,24-22-,25-23-,28-27-,31-30-,34-33-,38-37-. The molecule has 0 saturated heterocycles. The SMILES string of the molecule is CC/C=C\C/C=C\C/C=C\C/C=C\C/C=C\C/C=C\C/C=C\CCCCCC(=O)OCC(COC(=O)CCCCCCCCCC)OC(=O)CCCCCCC/C=C\C/C=C\CCCC. The molecule has 6 heteroatoms. The van der Waals surface area contributed by atoms with E-state index in [1.807, 2.05) is 0 Å². The molecule has 0 bridgehead atoms. The van der Waals surface area contributed by atoms with E-state index in [0.29, 0.717) is 19.3 Å². The number of hydrogen-bond acceptors (Lipinski definition) is 6. The van der Waals surface area contributed by atoms with Gasteiger partial charge in [0, 0.05) is 19.3 Å². The fourth-order valence-corrected chi connectivity index (χ4v) is 6.79. The Kier molecular flexibility index (Phi) is 49.5. The van der Waals surface area contributed by atoms with Crippen molar-refractivity contribution in [1.29, 1.82) is 0 Å². The molecule has 368 valence electrons. The Bertz CT molecular complexity index is 1360. The molecule has 0 radical (unpaired) electrons. The monoisotopic (exact) mass is 901 g/mol. The van der Waals surface area contributed by atoms with E-state index in [-0.39, 0.29) is 31.1 Å². The van der Waals surface area contributed by atoms with Gasteiger partial charge in [-0.2, -0.15) is 0 Å². The molecule has 0 aromatic rings. The van der Waals surface area contributed by atoms with Gasteiger partial charge in [-0.3, -0.25) is 14.4 Å². The minimum Gasteiger partial charge on any atom is -0.462 e. The zero-order valence-corrected chi connectivity index (χ0v) is 42.0. The van der Waals surface area contributed by atoms with Crippen molar-refractivity contribution in [2.75, 3.05) is 13.2 Å². The predicted molar refractivity (Wildman–Crippen MR) is 279 cm³/mol. The van der Waals surface area contributed by atoms with E-state index >= 15 is 0 Å². The van der Waals surface area contributed by atoms with Crippen molar-refractivity contribution in [3.05, 3.63) is 109 Å². The average molecular weight is 901 g/mol. The van der Waals surface area contributed by atoms with E-state index in [2.05, 4.69) is 130 Å². The van der Waals surface area contributed by atoms with Crippen LogP contribution in [0.15, 0.2) is 109 Å². The Morgan fingerprint density at radius 2 is 0.615 bits per heavy atom. The van der Waals surface area contributed by atoms with Gasteiger partial charge in [-0.05, 0) is 103 Å². The molecule has 65 heavy (non-hydrogen) atoms. The Balaban J connectivity index is 4.35. The lowest BCUT2D eigenvalue weighted by Crippen LogP contribution is -2.30. The molecule has 0 N–H and O–H groups in total. The molecule has 0 aromatic carbocycles. The number of allylic oxidation sites excluding steroid dienone is 18. The summed E-state index contributed by atoms with van der Waals surface area (Å²) in [6, 6.07) is 0. The summed E-state index contributed by atoms with van der Waals surface area (Å²) in [6.45, 7) is 6.40. The van der Waals surface area contributed by atoms with Crippen molar-refractivity contribution in [1.82, 2.24) is 0 Å². The van der Waals surface area contributed by atoms with Crippen LogP contribution in [0, 0.1) is 0 Å². The minimum atomic E-state index is -0.798. The molecule has 0 aromatic heterocycles.